The van der Waals surface area contributed by atoms with Crippen molar-refractivity contribution in [2.45, 2.75) is 39.0 Å². The third-order valence-electron chi connectivity index (χ3n) is 4.36. The monoisotopic (exact) mass is 224 g/mol. The Kier molecular flexibility index (Phi) is 3.72. The molecule has 2 unspecified atom stereocenters. The van der Waals surface area contributed by atoms with E-state index in [9.17, 15) is 4.79 Å². The lowest BCUT2D eigenvalue weighted by Crippen LogP contribution is -2.49. The lowest BCUT2D eigenvalue weighted by molar-refractivity contribution is 0.0882. The fourth-order valence-corrected chi connectivity index (χ4v) is 3.15. The first-order valence-electron chi connectivity index (χ1n) is 6.72. The van der Waals surface area contributed by atoms with Gasteiger partial charge in [-0.2, -0.15) is 0 Å². The van der Waals surface area contributed by atoms with Gasteiger partial charge in [-0.1, -0.05) is 19.3 Å². The van der Waals surface area contributed by atoms with Crippen LogP contribution in [0.1, 0.15) is 39.0 Å². The summed E-state index contributed by atoms with van der Waals surface area (Å²) < 4.78 is 0. The van der Waals surface area contributed by atoms with Crippen molar-refractivity contribution in [3.05, 3.63) is 0 Å². The highest BCUT2D eigenvalue weighted by molar-refractivity contribution is 5.74. The first-order valence-corrected chi connectivity index (χ1v) is 6.72. The Morgan fingerprint density at radius 3 is 2.62 bits per heavy atom. The summed E-state index contributed by atoms with van der Waals surface area (Å²) in [6, 6.07) is 0.228. The van der Waals surface area contributed by atoms with Crippen molar-refractivity contribution in [1.82, 2.24) is 9.80 Å². The van der Waals surface area contributed by atoms with Crippen molar-refractivity contribution >= 4 is 6.03 Å². The van der Waals surface area contributed by atoms with Crippen LogP contribution in [-0.4, -0.2) is 42.5 Å². The van der Waals surface area contributed by atoms with E-state index in [0.29, 0.717) is 0 Å². The number of fused-ring (bicyclic) bond motifs is 1. The molecule has 0 aromatic rings. The number of nitrogens with zero attached hydrogens (tertiary/aromatic N) is 2. The maximum Gasteiger partial charge on any atom is 0.319 e. The minimum absolute atomic E-state index is 0.228. The third-order valence-corrected chi connectivity index (χ3v) is 4.36. The van der Waals surface area contributed by atoms with Crippen LogP contribution in [0.2, 0.25) is 0 Å². The van der Waals surface area contributed by atoms with Crippen molar-refractivity contribution in [3.63, 3.8) is 0 Å². The molecule has 2 rings (SSSR count). The highest BCUT2D eigenvalue weighted by Gasteiger charge is 2.33. The molecule has 1 aliphatic heterocycles. The smallest absolute Gasteiger partial charge is 0.319 e. The van der Waals surface area contributed by atoms with E-state index in [1.807, 2.05) is 18.9 Å². The van der Waals surface area contributed by atoms with Crippen molar-refractivity contribution in [1.29, 1.82) is 0 Å². The third kappa shape index (κ3) is 2.33. The standard InChI is InChI=1S/C13H24N2O/c1-3-14(2)13(16)15-9-8-11-6-4-5-7-12(11)10-15/h11-12H,3-10H2,1-2H3. The van der Waals surface area contributed by atoms with Crippen LogP contribution in [0.4, 0.5) is 4.79 Å². The minimum atomic E-state index is 0.228. The van der Waals surface area contributed by atoms with Crippen LogP contribution in [0.25, 0.3) is 0 Å². The van der Waals surface area contributed by atoms with E-state index >= 15 is 0 Å². The molecule has 1 saturated carbocycles. The molecule has 3 heteroatoms. The zero-order chi connectivity index (χ0) is 11.5. The van der Waals surface area contributed by atoms with Crippen LogP contribution in [0.3, 0.4) is 0 Å². The Labute approximate surface area is 98.8 Å². The number of carbonyl (C=O) groups excluding carboxylic acids is 1. The number of piperidine rings is 1. The Balaban J connectivity index is 1.92. The second-order valence-corrected chi connectivity index (χ2v) is 5.34. The maximum atomic E-state index is 12.1. The summed E-state index contributed by atoms with van der Waals surface area (Å²) in [5.74, 6) is 1.70. The lowest BCUT2D eigenvalue weighted by Gasteiger charge is -2.42. The minimum Gasteiger partial charge on any atom is -0.328 e. The molecule has 16 heavy (non-hydrogen) atoms. The van der Waals surface area contributed by atoms with Gasteiger partial charge in [-0.15, -0.1) is 0 Å². The average Bonchev–Trinajstić information content (AvgIpc) is 2.36. The van der Waals surface area contributed by atoms with Crippen LogP contribution in [0, 0.1) is 11.8 Å². The number of rotatable bonds is 1. The van der Waals surface area contributed by atoms with Crippen LogP contribution in [0.15, 0.2) is 0 Å². The molecule has 1 heterocycles. The fraction of sp³-hybridized carbons (Fsp3) is 0.923. The van der Waals surface area contributed by atoms with Crippen LogP contribution < -0.4 is 0 Å². The van der Waals surface area contributed by atoms with E-state index in [4.69, 9.17) is 0 Å². The van der Waals surface area contributed by atoms with E-state index in [-0.39, 0.29) is 6.03 Å². The van der Waals surface area contributed by atoms with Gasteiger partial charge in [0.1, 0.15) is 0 Å². The van der Waals surface area contributed by atoms with Gasteiger partial charge in [-0.05, 0) is 31.6 Å². The fourth-order valence-electron chi connectivity index (χ4n) is 3.15. The molecule has 2 amide bonds. The van der Waals surface area contributed by atoms with E-state index in [1.54, 1.807) is 0 Å². The Hall–Kier alpha value is -0.730. The van der Waals surface area contributed by atoms with E-state index in [2.05, 4.69) is 4.90 Å². The topological polar surface area (TPSA) is 23.6 Å². The number of hydrogen-bond donors (Lipinski definition) is 0. The number of carbonyl (C=O) groups is 1. The molecule has 1 saturated heterocycles. The molecule has 3 nitrogen and oxygen atoms in total. The van der Waals surface area contributed by atoms with Crippen LogP contribution in [-0.2, 0) is 0 Å². The largest absolute Gasteiger partial charge is 0.328 e. The molecule has 0 aromatic heterocycles. The summed E-state index contributed by atoms with van der Waals surface area (Å²) in [6.07, 6.45) is 6.74. The summed E-state index contributed by atoms with van der Waals surface area (Å²) >= 11 is 0. The zero-order valence-electron chi connectivity index (χ0n) is 10.6. The second kappa shape index (κ2) is 5.07. The summed E-state index contributed by atoms with van der Waals surface area (Å²) in [6.45, 7) is 4.83. The normalized spacial score (nSPS) is 29.8. The van der Waals surface area contributed by atoms with Crippen molar-refractivity contribution in [2.24, 2.45) is 11.8 Å². The van der Waals surface area contributed by atoms with Gasteiger partial charge in [0.15, 0.2) is 0 Å². The second-order valence-electron chi connectivity index (χ2n) is 5.34. The van der Waals surface area contributed by atoms with Gasteiger partial charge >= 0.3 is 6.03 Å². The van der Waals surface area contributed by atoms with Gasteiger partial charge in [-0.3, -0.25) is 0 Å². The highest BCUT2D eigenvalue weighted by atomic mass is 16.2. The molecule has 0 spiro atoms. The summed E-state index contributed by atoms with van der Waals surface area (Å²) in [5.41, 5.74) is 0. The number of hydrogen-bond acceptors (Lipinski definition) is 1. The number of urea groups is 1. The zero-order valence-corrected chi connectivity index (χ0v) is 10.6. The molecule has 92 valence electrons. The van der Waals surface area contributed by atoms with Gasteiger partial charge < -0.3 is 9.80 Å². The van der Waals surface area contributed by atoms with Crippen molar-refractivity contribution < 1.29 is 4.79 Å². The molecule has 2 aliphatic rings. The van der Waals surface area contributed by atoms with E-state index < -0.39 is 0 Å². The average molecular weight is 224 g/mol. The van der Waals surface area contributed by atoms with Gasteiger partial charge in [0, 0.05) is 26.7 Å². The summed E-state index contributed by atoms with van der Waals surface area (Å²) in [4.78, 5) is 15.9. The molecule has 0 N–H and O–H groups in total. The molecular weight excluding hydrogens is 200 g/mol. The number of amides is 2. The first kappa shape index (κ1) is 11.7. The molecule has 2 fully saturated rings. The van der Waals surface area contributed by atoms with Crippen molar-refractivity contribution in [2.75, 3.05) is 26.7 Å². The van der Waals surface area contributed by atoms with Gasteiger partial charge in [-0.25, -0.2) is 4.79 Å². The molecule has 0 bridgehead atoms. The molecule has 2 atom stereocenters. The number of likely N-dealkylation sites (tertiary alicyclic amines) is 1. The SMILES string of the molecule is CCN(C)C(=O)N1CCC2CCCCC2C1. The Bertz CT molecular complexity index is 254. The van der Waals surface area contributed by atoms with Crippen molar-refractivity contribution in [3.8, 4) is 0 Å². The van der Waals surface area contributed by atoms with Gasteiger partial charge in [0.2, 0.25) is 0 Å². The van der Waals surface area contributed by atoms with Crippen LogP contribution in [0.5, 0.6) is 0 Å². The summed E-state index contributed by atoms with van der Waals surface area (Å²) in [7, 11) is 1.90. The molecule has 0 aromatic carbocycles. The summed E-state index contributed by atoms with van der Waals surface area (Å²) in [5, 5.41) is 0. The quantitative estimate of drug-likeness (QED) is 0.671. The molecule has 0 radical (unpaired) electrons. The maximum absolute atomic E-state index is 12.1. The lowest BCUT2D eigenvalue weighted by atomic mass is 9.75. The highest BCUT2D eigenvalue weighted by Crippen LogP contribution is 2.36. The predicted octanol–water partition coefficient (Wildman–Crippen LogP) is 2.57. The van der Waals surface area contributed by atoms with Gasteiger partial charge in [0.25, 0.3) is 0 Å². The Morgan fingerprint density at radius 2 is 1.94 bits per heavy atom. The molecular formula is C13H24N2O. The van der Waals surface area contributed by atoms with Crippen LogP contribution >= 0.6 is 0 Å². The predicted molar refractivity (Wildman–Crippen MR) is 65.3 cm³/mol. The molecule has 1 aliphatic carbocycles. The Morgan fingerprint density at radius 1 is 1.25 bits per heavy atom. The first-order chi connectivity index (χ1) is 7.72. The van der Waals surface area contributed by atoms with E-state index in [1.165, 1.54) is 32.1 Å². The van der Waals surface area contributed by atoms with Gasteiger partial charge in [0.05, 0.1) is 0 Å². The van der Waals surface area contributed by atoms with E-state index in [0.717, 1.165) is 31.5 Å².